The Hall–Kier alpha value is -1.29. The molecule has 0 saturated carbocycles. The van der Waals surface area contributed by atoms with Gasteiger partial charge in [-0.25, -0.2) is 0 Å². The van der Waals surface area contributed by atoms with E-state index in [9.17, 15) is 4.79 Å². The van der Waals surface area contributed by atoms with E-state index in [0.29, 0.717) is 44.3 Å². The molecule has 1 fully saturated rings. The van der Waals surface area contributed by atoms with Crippen molar-refractivity contribution >= 4 is 64.3 Å². The molecule has 140 valence electrons. The van der Waals surface area contributed by atoms with Crippen LogP contribution in [0.5, 0.6) is 0 Å². The lowest BCUT2D eigenvalue weighted by Gasteiger charge is -2.26. The number of carbonyl (C=O) groups excluding carboxylic acids is 1. The summed E-state index contributed by atoms with van der Waals surface area (Å²) in [5, 5.41) is 1.84. The summed E-state index contributed by atoms with van der Waals surface area (Å²) in [6.07, 6.45) is 3.66. The fraction of sp³-hybridized carbons (Fsp3) is 0.190. The SMILES string of the molecule is CC[NH+]1C/C(=C/c2cccc(Cl)c2Cl)C(=O)/C(=C/c2cccc(Cl)c2Cl)C1. The number of nitrogens with one attached hydrogen (secondary N) is 1. The van der Waals surface area contributed by atoms with Crippen LogP contribution in [-0.2, 0) is 4.79 Å². The fourth-order valence-corrected chi connectivity index (χ4v) is 3.82. The number of rotatable bonds is 3. The van der Waals surface area contributed by atoms with E-state index in [2.05, 4.69) is 6.92 Å². The number of quaternary nitrogens is 1. The maximum atomic E-state index is 13.1. The summed E-state index contributed by atoms with van der Waals surface area (Å²) >= 11 is 24.8. The molecule has 1 aliphatic rings. The molecule has 0 spiro atoms. The molecule has 1 N–H and O–H groups in total. The highest BCUT2D eigenvalue weighted by molar-refractivity contribution is 6.43. The highest BCUT2D eigenvalue weighted by Crippen LogP contribution is 2.29. The molecule has 0 aliphatic carbocycles. The first-order chi connectivity index (χ1) is 12.9. The minimum Gasteiger partial charge on any atom is -0.327 e. The van der Waals surface area contributed by atoms with Crippen molar-refractivity contribution in [1.82, 2.24) is 0 Å². The Balaban J connectivity index is 2.03. The quantitative estimate of drug-likeness (QED) is 0.645. The van der Waals surface area contributed by atoms with E-state index in [-0.39, 0.29) is 5.78 Å². The predicted octanol–water partition coefficient (Wildman–Crippen LogP) is 5.25. The molecule has 1 heterocycles. The van der Waals surface area contributed by atoms with E-state index in [1.165, 1.54) is 4.90 Å². The van der Waals surface area contributed by atoms with E-state index in [4.69, 9.17) is 46.4 Å². The summed E-state index contributed by atoms with van der Waals surface area (Å²) < 4.78 is 0. The van der Waals surface area contributed by atoms with E-state index < -0.39 is 0 Å². The summed E-state index contributed by atoms with van der Waals surface area (Å²) in [6, 6.07) is 10.8. The Bertz CT molecular complexity index is 876. The normalized spacial score (nSPS) is 20.5. The lowest BCUT2D eigenvalue weighted by Crippen LogP contribution is -3.13. The van der Waals surface area contributed by atoms with Crippen LogP contribution in [0.15, 0.2) is 47.5 Å². The number of likely N-dealkylation sites (N-methyl/N-ethyl adjacent to an activating group) is 1. The Morgan fingerprint density at radius 3 is 1.70 bits per heavy atom. The zero-order chi connectivity index (χ0) is 19.6. The Labute approximate surface area is 179 Å². The van der Waals surface area contributed by atoms with Gasteiger partial charge in [-0.05, 0) is 42.3 Å². The number of hydrogen-bond acceptors (Lipinski definition) is 1. The van der Waals surface area contributed by atoms with E-state index in [1.54, 1.807) is 12.1 Å². The maximum absolute atomic E-state index is 13.1. The van der Waals surface area contributed by atoms with Crippen LogP contribution in [0, 0.1) is 0 Å². The van der Waals surface area contributed by atoms with Gasteiger partial charge in [0.2, 0.25) is 0 Å². The lowest BCUT2D eigenvalue weighted by atomic mass is 9.94. The highest BCUT2D eigenvalue weighted by atomic mass is 35.5. The van der Waals surface area contributed by atoms with Crippen molar-refractivity contribution in [3.63, 3.8) is 0 Å². The minimum atomic E-state index is -0.000663. The highest BCUT2D eigenvalue weighted by Gasteiger charge is 2.29. The zero-order valence-corrected chi connectivity index (χ0v) is 17.7. The van der Waals surface area contributed by atoms with Crippen LogP contribution in [0.25, 0.3) is 12.2 Å². The first kappa shape index (κ1) is 20.4. The smallest absolute Gasteiger partial charge is 0.196 e. The molecule has 1 aliphatic heterocycles. The summed E-state index contributed by atoms with van der Waals surface area (Å²) in [7, 11) is 0. The molecule has 1 saturated heterocycles. The van der Waals surface area contributed by atoms with Crippen LogP contribution in [-0.4, -0.2) is 25.4 Å². The van der Waals surface area contributed by atoms with Crippen molar-refractivity contribution in [2.45, 2.75) is 6.92 Å². The van der Waals surface area contributed by atoms with Gasteiger partial charge in [0.25, 0.3) is 0 Å². The molecule has 0 bridgehead atoms. The Morgan fingerprint density at radius 2 is 1.30 bits per heavy atom. The van der Waals surface area contributed by atoms with Gasteiger partial charge < -0.3 is 4.90 Å². The van der Waals surface area contributed by atoms with Crippen molar-refractivity contribution in [3.05, 3.63) is 78.8 Å². The Morgan fingerprint density at radius 1 is 0.852 bits per heavy atom. The number of halogens is 4. The first-order valence-electron chi connectivity index (χ1n) is 8.58. The molecule has 27 heavy (non-hydrogen) atoms. The molecule has 0 amide bonds. The van der Waals surface area contributed by atoms with Crippen LogP contribution < -0.4 is 4.90 Å². The molecule has 0 radical (unpaired) electrons. The second kappa shape index (κ2) is 8.81. The second-order valence-electron chi connectivity index (χ2n) is 6.41. The number of carbonyl (C=O) groups is 1. The molecule has 1 unspecified atom stereocenters. The molecular weight excluding hydrogens is 424 g/mol. The van der Waals surface area contributed by atoms with Gasteiger partial charge in [-0.1, -0.05) is 70.7 Å². The summed E-state index contributed by atoms with van der Waals surface area (Å²) in [5.74, 6) is -0.000663. The van der Waals surface area contributed by atoms with Crippen molar-refractivity contribution in [2.24, 2.45) is 0 Å². The van der Waals surface area contributed by atoms with Crippen LogP contribution in [0.3, 0.4) is 0 Å². The maximum Gasteiger partial charge on any atom is 0.196 e. The predicted molar refractivity (Wildman–Crippen MR) is 115 cm³/mol. The number of benzene rings is 2. The number of Topliss-reactive ketones (excluding diaryl/α,β-unsaturated/α-hetero) is 1. The van der Waals surface area contributed by atoms with Crippen molar-refractivity contribution in [1.29, 1.82) is 0 Å². The topological polar surface area (TPSA) is 21.5 Å². The molecule has 1 atom stereocenters. The van der Waals surface area contributed by atoms with Gasteiger partial charge in [0.15, 0.2) is 5.78 Å². The molecule has 6 heteroatoms. The van der Waals surface area contributed by atoms with Crippen molar-refractivity contribution in [2.75, 3.05) is 19.6 Å². The van der Waals surface area contributed by atoms with Crippen molar-refractivity contribution < 1.29 is 9.69 Å². The van der Waals surface area contributed by atoms with Crippen LogP contribution in [0.4, 0.5) is 0 Å². The third-order valence-electron chi connectivity index (χ3n) is 4.59. The summed E-state index contributed by atoms with van der Waals surface area (Å²) in [5.41, 5.74) is 2.88. The molecule has 3 rings (SSSR count). The van der Waals surface area contributed by atoms with Gasteiger partial charge in [-0.3, -0.25) is 4.79 Å². The molecule has 2 aromatic rings. The summed E-state index contributed by atoms with van der Waals surface area (Å²) in [4.78, 5) is 14.4. The van der Waals surface area contributed by atoms with Crippen LogP contribution in [0.1, 0.15) is 18.1 Å². The van der Waals surface area contributed by atoms with Gasteiger partial charge in [0, 0.05) is 0 Å². The average Bonchev–Trinajstić information content (AvgIpc) is 2.65. The first-order valence-corrected chi connectivity index (χ1v) is 10.1. The third kappa shape index (κ3) is 4.59. The van der Waals surface area contributed by atoms with E-state index >= 15 is 0 Å². The number of likely N-dealkylation sites (tertiary alicyclic amines) is 1. The average molecular weight is 442 g/mol. The number of ketones is 1. The molecular formula is C21H18Cl4NO+. The van der Waals surface area contributed by atoms with Gasteiger partial charge in [0.05, 0.1) is 37.8 Å². The van der Waals surface area contributed by atoms with E-state index in [0.717, 1.165) is 17.7 Å². The lowest BCUT2D eigenvalue weighted by molar-refractivity contribution is -0.889. The molecule has 2 aromatic carbocycles. The van der Waals surface area contributed by atoms with E-state index in [1.807, 2.05) is 36.4 Å². The molecule has 2 nitrogen and oxygen atoms in total. The van der Waals surface area contributed by atoms with Gasteiger partial charge in [-0.2, -0.15) is 0 Å². The van der Waals surface area contributed by atoms with Crippen LogP contribution in [0.2, 0.25) is 20.1 Å². The summed E-state index contributed by atoms with van der Waals surface area (Å²) in [6.45, 7) is 4.27. The van der Waals surface area contributed by atoms with Gasteiger partial charge in [-0.15, -0.1) is 0 Å². The Kier molecular flexibility index (Phi) is 6.67. The number of piperidine rings is 1. The molecule has 0 aromatic heterocycles. The third-order valence-corrected chi connectivity index (χ3v) is 6.25. The zero-order valence-electron chi connectivity index (χ0n) is 14.7. The minimum absolute atomic E-state index is 0.000663. The van der Waals surface area contributed by atoms with Gasteiger partial charge in [0.1, 0.15) is 13.1 Å². The number of hydrogen-bond donors (Lipinski definition) is 1. The van der Waals surface area contributed by atoms with Crippen LogP contribution >= 0.6 is 46.4 Å². The standard InChI is InChI=1S/C21H17Cl4NO/c1-2-26-11-15(9-13-5-3-7-17(22)19(13)24)21(27)16(12-26)10-14-6-4-8-18(23)20(14)25/h3-10H,2,11-12H2,1H3/p+1/b15-9-,16-10+. The second-order valence-corrected chi connectivity index (χ2v) is 7.98. The van der Waals surface area contributed by atoms with Crippen molar-refractivity contribution in [3.8, 4) is 0 Å². The van der Waals surface area contributed by atoms with Gasteiger partial charge >= 0.3 is 0 Å². The largest absolute Gasteiger partial charge is 0.327 e. The monoisotopic (exact) mass is 440 g/mol. The fourth-order valence-electron chi connectivity index (χ4n) is 3.09.